The van der Waals surface area contributed by atoms with Crippen LogP contribution in [0.5, 0.6) is 0 Å². The highest BCUT2D eigenvalue weighted by atomic mass is 35.8. The van der Waals surface area contributed by atoms with Crippen LogP contribution in [0.25, 0.3) is 0 Å². The Morgan fingerprint density at radius 2 is 1.46 bits per heavy atom. The minimum absolute atomic E-state index is 0.819. The number of hydrogen-bond donors (Lipinski definition) is 0. The molecule has 0 bridgehead atoms. The van der Waals surface area contributed by atoms with Crippen molar-refractivity contribution in [1.82, 2.24) is 0 Å². The molecule has 0 atom stereocenters. The van der Waals surface area contributed by atoms with Gasteiger partial charge in [0.25, 0.3) is 0 Å². The smallest absolute Gasteiger partial charge is 0.126 e. The molecule has 0 aromatic carbocycles. The van der Waals surface area contributed by atoms with E-state index >= 15 is 0 Å². The lowest BCUT2D eigenvalue weighted by Gasteiger charge is -2.07. The third kappa shape index (κ3) is 13.1. The highest BCUT2D eigenvalue weighted by Crippen LogP contribution is 2.27. The maximum atomic E-state index is 5.77. The van der Waals surface area contributed by atoms with Crippen molar-refractivity contribution in [2.45, 2.75) is 52.0 Å². The van der Waals surface area contributed by atoms with E-state index in [0.717, 1.165) is 18.4 Å². The summed E-state index contributed by atoms with van der Waals surface area (Å²) in [5.41, 5.74) is 0. The predicted octanol–water partition coefficient (Wildman–Crippen LogP) is 5.25. The van der Waals surface area contributed by atoms with Gasteiger partial charge in [0, 0.05) is 0 Å². The summed E-state index contributed by atoms with van der Waals surface area (Å²) in [7, 11) is 0. The SMILES string of the molecule is CC(C)CCCCCC[Si](Cl)(Cl)Cl. The van der Waals surface area contributed by atoms with Gasteiger partial charge in [-0.25, -0.2) is 0 Å². The van der Waals surface area contributed by atoms with Crippen LogP contribution in [0.1, 0.15) is 46.0 Å². The molecule has 0 saturated heterocycles. The van der Waals surface area contributed by atoms with Crippen LogP contribution in [0.4, 0.5) is 0 Å². The van der Waals surface area contributed by atoms with E-state index in [4.69, 9.17) is 33.2 Å². The van der Waals surface area contributed by atoms with E-state index < -0.39 is 6.00 Å². The second kappa shape index (κ2) is 7.39. The van der Waals surface area contributed by atoms with Crippen LogP contribution in [0.15, 0.2) is 0 Å². The number of rotatable bonds is 7. The zero-order valence-electron chi connectivity index (χ0n) is 8.45. The normalized spacial score (nSPS) is 12.5. The molecular formula is C9H19Cl3Si. The van der Waals surface area contributed by atoms with Gasteiger partial charge in [0.2, 0.25) is 0 Å². The Hall–Kier alpha value is 1.09. The maximum absolute atomic E-state index is 5.77. The lowest BCUT2D eigenvalue weighted by molar-refractivity contribution is 0.524. The molecule has 0 nitrogen and oxygen atoms in total. The predicted molar refractivity (Wildman–Crippen MR) is 66.0 cm³/mol. The lowest BCUT2D eigenvalue weighted by atomic mass is 10.0. The van der Waals surface area contributed by atoms with Gasteiger partial charge in [-0.15, -0.1) is 33.2 Å². The fraction of sp³-hybridized carbons (Fsp3) is 1.00. The molecule has 0 unspecified atom stereocenters. The van der Waals surface area contributed by atoms with Gasteiger partial charge in [-0.05, 0) is 12.0 Å². The second-order valence-corrected chi connectivity index (χ2v) is 13.2. The molecule has 0 spiro atoms. The molecule has 0 saturated carbocycles. The largest absolute Gasteiger partial charge is 0.341 e. The summed E-state index contributed by atoms with van der Waals surface area (Å²) in [4.78, 5) is 0. The zero-order chi connectivity index (χ0) is 10.3. The van der Waals surface area contributed by atoms with E-state index in [9.17, 15) is 0 Å². The quantitative estimate of drug-likeness (QED) is 0.334. The van der Waals surface area contributed by atoms with Gasteiger partial charge in [-0.3, -0.25) is 0 Å². The van der Waals surface area contributed by atoms with Crippen LogP contribution in [0.3, 0.4) is 0 Å². The van der Waals surface area contributed by atoms with Gasteiger partial charge in [0.15, 0.2) is 0 Å². The number of hydrogen-bond acceptors (Lipinski definition) is 0. The van der Waals surface area contributed by atoms with Crippen molar-refractivity contribution in [3.05, 3.63) is 0 Å². The Bertz CT molecular complexity index is 121. The van der Waals surface area contributed by atoms with Crippen molar-refractivity contribution < 1.29 is 0 Å². The second-order valence-electron chi connectivity index (χ2n) is 3.96. The molecule has 0 aromatic heterocycles. The summed E-state index contributed by atoms with van der Waals surface area (Å²) in [6, 6.07) is -1.50. The van der Waals surface area contributed by atoms with Crippen molar-refractivity contribution in [2.24, 2.45) is 5.92 Å². The molecule has 0 aliphatic carbocycles. The Labute approximate surface area is 97.1 Å². The van der Waals surface area contributed by atoms with E-state index in [1.807, 2.05) is 0 Å². The molecule has 0 aliphatic heterocycles. The lowest BCUT2D eigenvalue weighted by Crippen LogP contribution is -2.07. The molecule has 80 valence electrons. The zero-order valence-corrected chi connectivity index (χ0v) is 11.7. The van der Waals surface area contributed by atoms with Crippen LogP contribution >= 0.6 is 33.2 Å². The van der Waals surface area contributed by atoms with Crippen molar-refractivity contribution in [2.75, 3.05) is 0 Å². The summed E-state index contributed by atoms with van der Waals surface area (Å²) < 4.78 is 0. The van der Waals surface area contributed by atoms with Gasteiger partial charge in [-0.2, -0.15) is 0 Å². The average Bonchev–Trinajstić information content (AvgIpc) is 1.93. The Morgan fingerprint density at radius 3 is 1.92 bits per heavy atom. The van der Waals surface area contributed by atoms with Crippen molar-refractivity contribution in [3.8, 4) is 0 Å². The molecule has 4 heteroatoms. The standard InChI is InChI=1S/C9H19Cl3Si/c1-9(2)7-5-3-4-6-8-13(10,11)12/h9H,3-8H2,1-2H3. The molecule has 0 amide bonds. The molecule has 0 fully saturated rings. The maximum Gasteiger partial charge on any atom is 0.341 e. The summed E-state index contributed by atoms with van der Waals surface area (Å²) in [5, 5.41) is 0. The van der Waals surface area contributed by atoms with Crippen LogP contribution in [0.2, 0.25) is 6.04 Å². The first-order valence-corrected chi connectivity index (χ1v) is 10.2. The molecular weight excluding hydrogens is 243 g/mol. The minimum Gasteiger partial charge on any atom is -0.126 e. The third-order valence-corrected chi connectivity index (χ3v) is 4.61. The molecule has 13 heavy (non-hydrogen) atoms. The summed E-state index contributed by atoms with van der Waals surface area (Å²) >= 11 is 17.3. The highest BCUT2D eigenvalue weighted by molar-refractivity contribution is 7.64. The monoisotopic (exact) mass is 260 g/mol. The first-order chi connectivity index (χ1) is 5.92. The fourth-order valence-electron chi connectivity index (χ4n) is 1.23. The first-order valence-electron chi connectivity index (χ1n) is 4.98. The first kappa shape index (κ1) is 14.1. The average molecular weight is 262 g/mol. The third-order valence-electron chi connectivity index (χ3n) is 1.99. The summed E-state index contributed by atoms with van der Waals surface area (Å²) in [6.45, 7) is 4.52. The Morgan fingerprint density at radius 1 is 0.923 bits per heavy atom. The molecule has 0 rings (SSSR count). The van der Waals surface area contributed by atoms with E-state index in [1.165, 1.54) is 25.7 Å². The summed E-state index contributed by atoms with van der Waals surface area (Å²) in [6.07, 6.45) is 6.23. The van der Waals surface area contributed by atoms with Crippen LogP contribution < -0.4 is 0 Å². The van der Waals surface area contributed by atoms with Crippen molar-refractivity contribution in [3.63, 3.8) is 0 Å². The highest BCUT2D eigenvalue weighted by Gasteiger charge is 2.23. The Balaban J connectivity index is 3.09. The number of unbranched alkanes of at least 4 members (excludes halogenated alkanes) is 3. The van der Waals surface area contributed by atoms with Gasteiger partial charge >= 0.3 is 6.00 Å². The van der Waals surface area contributed by atoms with E-state index in [-0.39, 0.29) is 0 Å². The Kier molecular flexibility index (Phi) is 8.01. The molecule has 0 N–H and O–H groups in total. The van der Waals surface area contributed by atoms with Crippen LogP contribution in [-0.4, -0.2) is 6.00 Å². The molecule has 0 radical (unpaired) electrons. The van der Waals surface area contributed by atoms with Crippen molar-refractivity contribution in [1.29, 1.82) is 0 Å². The molecule has 0 aliphatic rings. The van der Waals surface area contributed by atoms with E-state index in [0.29, 0.717) is 0 Å². The minimum atomic E-state index is -2.32. The van der Waals surface area contributed by atoms with E-state index in [2.05, 4.69) is 13.8 Å². The van der Waals surface area contributed by atoms with Gasteiger partial charge in [-0.1, -0.05) is 46.0 Å². The van der Waals surface area contributed by atoms with Crippen molar-refractivity contribution >= 4 is 39.2 Å². The molecule has 0 heterocycles. The van der Waals surface area contributed by atoms with Crippen LogP contribution in [-0.2, 0) is 0 Å². The fourth-order valence-corrected chi connectivity index (χ4v) is 3.09. The van der Waals surface area contributed by atoms with Crippen LogP contribution in [0, 0.1) is 5.92 Å². The van der Waals surface area contributed by atoms with Gasteiger partial charge in [0.05, 0.1) is 0 Å². The topological polar surface area (TPSA) is 0 Å². The van der Waals surface area contributed by atoms with Gasteiger partial charge < -0.3 is 0 Å². The summed E-state index contributed by atoms with van der Waals surface area (Å²) in [5.74, 6) is 0.822. The number of halogens is 3. The van der Waals surface area contributed by atoms with E-state index in [1.54, 1.807) is 0 Å². The van der Waals surface area contributed by atoms with Gasteiger partial charge in [0.1, 0.15) is 0 Å². The molecule has 0 aromatic rings.